The van der Waals surface area contributed by atoms with Gasteiger partial charge in [-0.25, -0.2) is 0 Å². The first-order valence-corrected chi connectivity index (χ1v) is 8.09. The molecule has 2 aliphatic heterocycles. The fraction of sp³-hybridized carbons (Fsp3) is 0.857. The van der Waals surface area contributed by atoms with Crippen LogP contribution in [0.5, 0.6) is 0 Å². The first-order chi connectivity index (χ1) is 8.93. The van der Waals surface area contributed by atoms with E-state index in [1.807, 2.05) is 13.8 Å². The molecule has 5 heteroatoms. The quantitative estimate of drug-likeness (QED) is 0.861. The Hall–Kier alpha value is -0.710. The van der Waals surface area contributed by atoms with Crippen LogP contribution in [0.1, 0.15) is 46.0 Å². The van der Waals surface area contributed by atoms with Crippen molar-refractivity contribution in [2.75, 3.05) is 18.8 Å². The van der Waals surface area contributed by atoms with E-state index in [9.17, 15) is 14.7 Å². The summed E-state index contributed by atoms with van der Waals surface area (Å²) in [6, 6.07) is 0. The first kappa shape index (κ1) is 14.7. The largest absolute Gasteiger partial charge is 0.481 e. The van der Waals surface area contributed by atoms with Gasteiger partial charge in [0, 0.05) is 13.1 Å². The third kappa shape index (κ3) is 2.62. The number of carboxylic acid groups (broad SMARTS) is 1. The van der Waals surface area contributed by atoms with E-state index in [1.165, 1.54) is 0 Å². The first-order valence-electron chi connectivity index (χ1n) is 7.10. The van der Waals surface area contributed by atoms with Gasteiger partial charge < -0.3 is 10.0 Å². The monoisotopic (exact) mass is 285 g/mol. The zero-order valence-electron chi connectivity index (χ0n) is 11.8. The van der Waals surface area contributed by atoms with Crippen molar-refractivity contribution in [1.29, 1.82) is 0 Å². The molecule has 2 rings (SSSR count). The molecule has 0 aliphatic carbocycles. The lowest BCUT2D eigenvalue weighted by Gasteiger charge is -2.29. The van der Waals surface area contributed by atoms with Gasteiger partial charge in [-0.2, -0.15) is 0 Å². The maximum absolute atomic E-state index is 12.6. The van der Waals surface area contributed by atoms with Gasteiger partial charge in [0.1, 0.15) is 0 Å². The average Bonchev–Trinajstić information content (AvgIpc) is 2.97. The number of likely N-dealkylation sites (tertiary alicyclic amines) is 1. The molecule has 0 aromatic rings. The van der Waals surface area contributed by atoms with Gasteiger partial charge in [-0.3, -0.25) is 9.59 Å². The molecular formula is C14H23NO3S. The summed E-state index contributed by atoms with van der Waals surface area (Å²) in [6.07, 6.45) is 4.11. The molecule has 0 aromatic carbocycles. The van der Waals surface area contributed by atoms with Gasteiger partial charge in [-0.1, -0.05) is 13.3 Å². The van der Waals surface area contributed by atoms with Crippen molar-refractivity contribution in [1.82, 2.24) is 4.90 Å². The Morgan fingerprint density at radius 2 is 2.11 bits per heavy atom. The maximum atomic E-state index is 12.6. The molecule has 0 radical (unpaired) electrons. The fourth-order valence-corrected chi connectivity index (χ4v) is 4.57. The van der Waals surface area contributed by atoms with E-state index in [-0.39, 0.29) is 10.7 Å². The topological polar surface area (TPSA) is 57.6 Å². The van der Waals surface area contributed by atoms with E-state index in [2.05, 4.69) is 0 Å². The van der Waals surface area contributed by atoms with Crippen molar-refractivity contribution in [2.24, 2.45) is 5.41 Å². The van der Waals surface area contributed by atoms with Gasteiger partial charge in [0.05, 0.1) is 10.2 Å². The lowest BCUT2D eigenvalue weighted by Crippen LogP contribution is -2.44. The van der Waals surface area contributed by atoms with E-state index in [4.69, 9.17) is 0 Å². The number of carbonyl (C=O) groups is 2. The zero-order valence-corrected chi connectivity index (χ0v) is 12.6. The minimum atomic E-state index is -0.742. The van der Waals surface area contributed by atoms with Crippen LogP contribution < -0.4 is 0 Å². The van der Waals surface area contributed by atoms with Crippen LogP contribution in [0.25, 0.3) is 0 Å². The summed E-state index contributed by atoms with van der Waals surface area (Å²) >= 11 is 1.72. The van der Waals surface area contributed by atoms with Crippen LogP contribution in [0.4, 0.5) is 0 Å². The molecule has 0 bridgehead atoms. The summed E-state index contributed by atoms with van der Waals surface area (Å²) in [7, 11) is 0. The number of carbonyl (C=O) groups excluding carboxylic acids is 1. The number of amides is 1. The van der Waals surface area contributed by atoms with Crippen molar-refractivity contribution in [3.63, 3.8) is 0 Å². The zero-order chi connectivity index (χ0) is 14.1. The van der Waals surface area contributed by atoms with Gasteiger partial charge >= 0.3 is 5.97 Å². The standard InChI is InChI=1S/C14H23NO3S/c1-3-5-14(12(17)18)7-8-15(10-14)11(16)13(2)6-4-9-19-13/h3-10H2,1-2H3,(H,17,18). The molecule has 108 valence electrons. The second kappa shape index (κ2) is 5.35. The lowest BCUT2D eigenvalue weighted by atomic mass is 9.83. The van der Waals surface area contributed by atoms with Crippen molar-refractivity contribution in [3.05, 3.63) is 0 Å². The highest BCUT2D eigenvalue weighted by Crippen LogP contribution is 2.42. The van der Waals surface area contributed by atoms with Crippen LogP contribution in [-0.4, -0.2) is 45.5 Å². The van der Waals surface area contributed by atoms with Crippen LogP contribution in [0, 0.1) is 5.41 Å². The second-order valence-electron chi connectivity index (χ2n) is 6.00. The van der Waals surface area contributed by atoms with Crippen molar-refractivity contribution >= 4 is 23.6 Å². The normalized spacial score (nSPS) is 34.7. The van der Waals surface area contributed by atoms with Crippen molar-refractivity contribution in [3.8, 4) is 0 Å². The highest BCUT2D eigenvalue weighted by molar-refractivity contribution is 8.01. The minimum absolute atomic E-state index is 0.147. The smallest absolute Gasteiger partial charge is 0.311 e. The Morgan fingerprint density at radius 3 is 2.63 bits per heavy atom. The molecule has 1 N–H and O–H groups in total. The van der Waals surface area contributed by atoms with E-state index in [0.29, 0.717) is 25.9 Å². The van der Waals surface area contributed by atoms with E-state index in [0.717, 1.165) is 25.0 Å². The summed E-state index contributed by atoms with van der Waals surface area (Å²) < 4.78 is -0.319. The number of thioether (sulfide) groups is 1. The van der Waals surface area contributed by atoms with Crippen molar-refractivity contribution in [2.45, 2.75) is 50.7 Å². The number of rotatable bonds is 4. The minimum Gasteiger partial charge on any atom is -0.481 e. The van der Waals surface area contributed by atoms with E-state index >= 15 is 0 Å². The van der Waals surface area contributed by atoms with E-state index < -0.39 is 11.4 Å². The predicted octanol–water partition coefficient (Wildman–Crippen LogP) is 2.38. The van der Waals surface area contributed by atoms with Gasteiger partial charge in [0.2, 0.25) is 5.91 Å². The van der Waals surface area contributed by atoms with Crippen LogP contribution in [0.2, 0.25) is 0 Å². The Kier molecular flexibility index (Phi) is 4.14. The molecule has 1 amide bonds. The molecular weight excluding hydrogens is 262 g/mol. The fourth-order valence-electron chi connectivity index (χ4n) is 3.29. The van der Waals surface area contributed by atoms with Gasteiger partial charge in [-0.15, -0.1) is 11.8 Å². The third-order valence-electron chi connectivity index (χ3n) is 4.49. The van der Waals surface area contributed by atoms with Crippen LogP contribution >= 0.6 is 11.8 Å². The molecule has 0 aromatic heterocycles. The number of hydrogen-bond donors (Lipinski definition) is 1. The lowest BCUT2D eigenvalue weighted by molar-refractivity contribution is -0.149. The predicted molar refractivity (Wildman–Crippen MR) is 76.3 cm³/mol. The number of aliphatic carboxylic acids is 1. The molecule has 19 heavy (non-hydrogen) atoms. The highest BCUT2D eigenvalue weighted by Gasteiger charge is 2.49. The highest BCUT2D eigenvalue weighted by atomic mass is 32.2. The molecule has 2 aliphatic rings. The Balaban J connectivity index is 2.08. The summed E-state index contributed by atoms with van der Waals surface area (Å²) in [4.78, 5) is 25.9. The van der Waals surface area contributed by atoms with Crippen LogP contribution in [-0.2, 0) is 9.59 Å². The number of carboxylic acids is 1. The Morgan fingerprint density at radius 1 is 1.37 bits per heavy atom. The molecule has 0 spiro atoms. The molecule has 2 unspecified atom stereocenters. The summed E-state index contributed by atoms with van der Waals surface area (Å²) in [5.41, 5.74) is -0.704. The molecule has 2 heterocycles. The Bertz CT molecular complexity index is 379. The summed E-state index contributed by atoms with van der Waals surface area (Å²) in [5, 5.41) is 9.48. The molecule has 0 saturated carbocycles. The van der Waals surface area contributed by atoms with Crippen molar-refractivity contribution < 1.29 is 14.7 Å². The third-order valence-corrected chi connectivity index (χ3v) is 6.00. The summed E-state index contributed by atoms with van der Waals surface area (Å²) in [6.45, 7) is 5.00. The Labute approximate surface area is 118 Å². The second-order valence-corrected chi connectivity index (χ2v) is 7.59. The average molecular weight is 285 g/mol. The van der Waals surface area contributed by atoms with Gasteiger partial charge in [0.25, 0.3) is 0 Å². The molecule has 2 fully saturated rings. The SMILES string of the molecule is CCCC1(C(=O)O)CCN(C(=O)C2(C)CCCS2)C1. The van der Waals surface area contributed by atoms with Crippen LogP contribution in [0.15, 0.2) is 0 Å². The van der Waals surface area contributed by atoms with Gasteiger partial charge in [0.15, 0.2) is 0 Å². The molecule has 2 atom stereocenters. The number of nitrogens with zero attached hydrogens (tertiary/aromatic N) is 1. The molecule has 2 saturated heterocycles. The number of hydrogen-bond acceptors (Lipinski definition) is 3. The molecule has 4 nitrogen and oxygen atoms in total. The summed E-state index contributed by atoms with van der Waals surface area (Å²) in [5.74, 6) is 0.442. The van der Waals surface area contributed by atoms with Gasteiger partial charge in [-0.05, 0) is 38.4 Å². The van der Waals surface area contributed by atoms with Crippen LogP contribution in [0.3, 0.4) is 0 Å². The van der Waals surface area contributed by atoms with E-state index in [1.54, 1.807) is 16.7 Å². The maximum Gasteiger partial charge on any atom is 0.311 e.